The third-order valence-electron chi connectivity index (χ3n) is 2.34. The molecule has 0 aliphatic carbocycles. The summed E-state index contributed by atoms with van der Waals surface area (Å²) in [6.07, 6.45) is -4.92. The second-order valence-electron chi connectivity index (χ2n) is 3.79. The maximum absolute atomic E-state index is 12.5. The first-order valence-electron chi connectivity index (χ1n) is 6.11. The molecule has 0 fully saturated rings. The predicted octanol–water partition coefficient (Wildman–Crippen LogP) is 4.25. The fraction of sp³-hybridized carbons (Fsp3) is 0.538. The van der Waals surface area contributed by atoms with Crippen LogP contribution >= 0.6 is 15.9 Å². The Balaban J connectivity index is 2.68. The molecule has 0 saturated carbocycles. The Kier molecular flexibility index (Phi) is 6.78. The van der Waals surface area contributed by atoms with E-state index in [9.17, 15) is 13.2 Å². The summed E-state index contributed by atoms with van der Waals surface area (Å²) in [5.41, 5.74) is -0.733. The Morgan fingerprint density at radius 2 is 1.75 bits per heavy atom. The van der Waals surface area contributed by atoms with Gasteiger partial charge in [0.05, 0.1) is 10.0 Å². The van der Waals surface area contributed by atoms with Crippen molar-refractivity contribution < 1.29 is 27.4 Å². The lowest BCUT2D eigenvalue weighted by Crippen LogP contribution is -2.25. The van der Waals surface area contributed by atoms with Crippen molar-refractivity contribution in [3.63, 3.8) is 0 Å². The molecule has 1 aromatic rings. The van der Waals surface area contributed by atoms with Crippen molar-refractivity contribution in [3.8, 4) is 5.75 Å². The zero-order valence-electron chi connectivity index (χ0n) is 11.2. The van der Waals surface area contributed by atoms with E-state index in [-0.39, 0.29) is 11.1 Å². The van der Waals surface area contributed by atoms with Crippen molar-refractivity contribution in [2.24, 2.45) is 0 Å². The minimum absolute atomic E-state index is 0.103. The lowest BCUT2D eigenvalue weighted by atomic mass is 10.2. The first-order valence-corrected chi connectivity index (χ1v) is 6.90. The normalized spacial score (nSPS) is 11.9. The molecule has 114 valence electrons. The van der Waals surface area contributed by atoms with Crippen LogP contribution in [0.1, 0.15) is 19.4 Å². The molecule has 0 aliphatic rings. The van der Waals surface area contributed by atoms with Crippen LogP contribution in [0.3, 0.4) is 0 Å². The predicted molar refractivity (Wildman–Crippen MR) is 71.7 cm³/mol. The molecular formula is C13H16BrF3O3. The zero-order valence-corrected chi connectivity index (χ0v) is 12.8. The SMILES string of the molecule is CCOC(COc1ccc(C(F)(F)F)cc1Br)OCC. The number of rotatable bonds is 7. The topological polar surface area (TPSA) is 27.7 Å². The molecule has 0 amide bonds. The highest BCUT2D eigenvalue weighted by Crippen LogP contribution is 2.34. The van der Waals surface area contributed by atoms with Crippen LogP contribution < -0.4 is 4.74 Å². The molecule has 0 saturated heterocycles. The maximum Gasteiger partial charge on any atom is 0.416 e. The molecule has 0 radical (unpaired) electrons. The van der Waals surface area contributed by atoms with Gasteiger partial charge in [-0.25, -0.2) is 0 Å². The first-order chi connectivity index (χ1) is 9.38. The van der Waals surface area contributed by atoms with E-state index in [1.165, 1.54) is 6.07 Å². The summed E-state index contributed by atoms with van der Waals surface area (Å²) in [5.74, 6) is 0.308. The van der Waals surface area contributed by atoms with Crippen LogP contribution in [0.4, 0.5) is 13.2 Å². The van der Waals surface area contributed by atoms with Crippen molar-refractivity contribution in [3.05, 3.63) is 28.2 Å². The van der Waals surface area contributed by atoms with Crippen LogP contribution in [0.15, 0.2) is 22.7 Å². The number of benzene rings is 1. The Labute approximate surface area is 124 Å². The van der Waals surface area contributed by atoms with E-state index in [0.29, 0.717) is 19.0 Å². The molecular weight excluding hydrogens is 341 g/mol. The summed E-state index contributed by atoms with van der Waals surface area (Å²) in [7, 11) is 0. The molecule has 0 N–H and O–H groups in total. The van der Waals surface area contributed by atoms with Gasteiger partial charge in [-0.2, -0.15) is 13.2 Å². The number of halogens is 4. The molecule has 1 rings (SSSR count). The lowest BCUT2D eigenvalue weighted by molar-refractivity contribution is -0.152. The van der Waals surface area contributed by atoms with Crippen LogP contribution in [0.5, 0.6) is 5.75 Å². The Morgan fingerprint density at radius 1 is 1.15 bits per heavy atom. The van der Waals surface area contributed by atoms with Gasteiger partial charge in [0.1, 0.15) is 12.4 Å². The second-order valence-corrected chi connectivity index (χ2v) is 4.65. The van der Waals surface area contributed by atoms with Gasteiger partial charge < -0.3 is 14.2 Å². The summed E-state index contributed by atoms with van der Waals surface area (Å²) in [6.45, 7) is 4.66. The summed E-state index contributed by atoms with van der Waals surface area (Å²) >= 11 is 3.06. The number of ether oxygens (including phenoxy) is 3. The van der Waals surface area contributed by atoms with Crippen molar-refractivity contribution in [1.82, 2.24) is 0 Å². The number of hydrogen-bond acceptors (Lipinski definition) is 3. The van der Waals surface area contributed by atoms with Gasteiger partial charge in [0.25, 0.3) is 0 Å². The monoisotopic (exact) mass is 356 g/mol. The Morgan fingerprint density at radius 3 is 2.20 bits per heavy atom. The van der Waals surface area contributed by atoms with Crippen molar-refractivity contribution >= 4 is 15.9 Å². The van der Waals surface area contributed by atoms with Gasteiger partial charge in [-0.15, -0.1) is 0 Å². The standard InChI is InChI=1S/C13H16BrF3O3/c1-3-18-12(19-4-2)8-20-11-6-5-9(7-10(11)14)13(15,16)17/h5-7,12H,3-4,8H2,1-2H3. The minimum Gasteiger partial charge on any atom is -0.487 e. The van der Waals surface area contributed by atoms with Crippen molar-refractivity contribution in [2.75, 3.05) is 19.8 Å². The third-order valence-corrected chi connectivity index (χ3v) is 2.96. The van der Waals surface area contributed by atoms with Gasteiger partial charge in [0, 0.05) is 13.2 Å². The van der Waals surface area contributed by atoms with E-state index >= 15 is 0 Å². The number of alkyl halides is 3. The van der Waals surface area contributed by atoms with Crippen LogP contribution in [0, 0.1) is 0 Å². The molecule has 1 aromatic carbocycles. The van der Waals surface area contributed by atoms with E-state index in [0.717, 1.165) is 12.1 Å². The van der Waals surface area contributed by atoms with E-state index in [1.54, 1.807) is 0 Å². The van der Waals surface area contributed by atoms with Gasteiger partial charge in [0.15, 0.2) is 6.29 Å². The average Bonchev–Trinajstić information content (AvgIpc) is 2.36. The number of hydrogen-bond donors (Lipinski definition) is 0. The molecule has 0 heterocycles. The Hall–Kier alpha value is -0.790. The van der Waals surface area contributed by atoms with E-state index in [4.69, 9.17) is 14.2 Å². The quantitative estimate of drug-likeness (QED) is 0.683. The van der Waals surface area contributed by atoms with E-state index in [1.807, 2.05) is 13.8 Å². The lowest BCUT2D eigenvalue weighted by Gasteiger charge is -2.18. The zero-order chi connectivity index (χ0) is 15.2. The van der Waals surface area contributed by atoms with Gasteiger partial charge in [-0.1, -0.05) is 0 Å². The molecule has 0 aromatic heterocycles. The highest BCUT2D eigenvalue weighted by atomic mass is 79.9. The molecule has 0 atom stereocenters. The summed E-state index contributed by atoms with van der Waals surface area (Å²) in [5, 5.41) is 0. The largest absolute Gasteiger partial charge is 0.487 e. The molecule has 7 heteroatoms. The van der Waals surface area contributed by atoms with E-state index < -0.39 is 18.0 Å². The molecule has 0 aliphatic heterocycles. The minimum atomic E-state index is -4.37. The molecule has 0 bridgehead atoms. The van der Waals surface area contributed by atoms with Gasteiger partial charge in [-0.3, -0.25) is 0 Å². The van der Waals surface area contributed by atoms with Crippen molar-refractivity contribution in [2.45, 2.75) is 26.3 Å². The smallest absolute Gasteiger partial charge is 0.416 e. The van der Waals surface area contributed by atoms with Crippen LogP contribution in [-0.2, 0) is 15.7 Å². The van der Waals surface area contributed by atoms with Crippen LogP contribution in [0.25, 0.3) is 0 Å². The van der Waals surface area contributed by atoms with E-state index in [2.05, 4.69) is 15.9 Å². The molecule has 0 unspecified atom stereocenters. The Bertz CT molecular complexity index is 418. The van der Waals surface area contributed by atoms with Gasteiger partial charge in [-0.05, 0) is 48.0 Å². The molecule has 20 heavy (non-hydrogen) atoms. The molecule has 0 spiro atoms. The fourth-order valence-electron chi connectivity index (χ4n) is 1.47. The van der Waals surface area contributed by atoms with Crippen LogP contribution in [-0.4, -0.2) is 26.1 Å². The molecule has 3 nitrogen and oxygen atoms in total. The van der Waals surface area contributed by atoms with Crippen LogP contribution in [0.2, 0.25) is 0 Å². The average molecular weight is 357 g/mol. The van der Waals surface area contributed by atoms with Gasteiger partial charge in [0.2, 0.25) is 0 Å². The summed E-state index contributed by atoms with van der Waals surface area (Å²) in [6, 6.07) is 3.21. The van der Waals surface area contributed by atoms with Crippen molar-refractivity contribution in [1.29, 1.82) is 0 Å². The fourth-order valence-corrected chi connectivity index (χ4v) is 1.96. The third kappa shape index (κ3) is 5.30. The maximum atomic E-state index is 12.5. The summed E-state index contributed by atoms with van der Waals surface area (Å²) < 4.78 is 53.7. The first kappa shape index (κ1) is 17.3. The van der Waals surface area contributed by atoms with Gasteiger partial charge >= 0.3 is 6.18 Å². The second kappa shape index (κ2) is 7.85. The highest BCUT2D eigenvalue weighted by Gasteiger charge is 2.31. The highest BCUT2D eigenvalue weighted by molar-refractivity contribution is 9.10. The summed E-state index contributed by atoms with van der Waals surface area (Å²) in [4.78, 5) is 0.